The van der Waals surface area contributed by atoms with E-state index in [4.69, 9.17) is 0 Å². The number of aromatic nitrogens is 2. The quantitative estimate of drug-likeness (QED) is 0.839. The normalized spacial score (nSPS) is 26.6. The summed E-state index contributed by atoms with van der Waals surface area (Å²) in [6.45, 7) is 11.2. The number of nitrogens with zero attached hydrogens (tertiary/aromatic N) is 5. The van der Waals surface area contributed by atoms with E-state index in [9.17, 15) is 4.79 Å². The molecule has 1 atom stereocenters. The molecule has 28 heavy (non-hydrogen) atoms. The number of carbonyl (C=O) groups is 1. The Hall–Kier alpha value is -1.44. The summed E-state index contributed by atoms with van der Waals surface area (Å²) in [7, 11) is 2.14. The smallest absolute Gasteiger partial charge is 0.227 e. The minimum atomic E-state index is 0.211. The van der Waals surface area contributed by atoms with Crippen molar-refractivity contribution in [1.82, 2.24) is 29.6 Å². The van der Waals surface area contributed by atoms with Gasteiger partial charge in [-0.05, 0) is 46.2 Å². The Morgan fingerprint density at radius 3 is 2.54 bits per heavy atom. The van der Waals surface area contributed by atoms with Crippen LogP contribution in [0.1, 0.15) is 37.2 Å². The molecule has 3 aliphatic heterocycles. The molecule has 4 rings (SSSR count). The van der Waals surface area contributed by atoms with Crippen LogP contribution in [-0.4, -0.2) is 101 Å². The number of hydrogen-bond donors (Lipinski definition) is 1. The standard InChI is InChI=1S/C21H36N6O/c1-17-22-14-19(23-17)16-25-8-5-20(6-9-25)27-7-3-4-18(15-27)21(28)26-12-10-24(2)11-13-26/h14,18,20H,3-13,15-16H2,1-2H3,(H,22,23)/t18-/m1/s1. The van der Waals surface area contributed by atoms with Crippen LogP contribution >= 0.6 is 0 Å². The van der Waals surface area contributed by atoms with Gasteiger partial charge in [0.25, 0.3) is 0 Å². The van der Waals surface area contributed by atoms with Gasteiger partial charge >= 0.3 is 0 Å². The lowest BCUT2D eigenvalue weighted by molar-refractivity contribution is -0.139. The molecule has 7 heteroatoms. The average molecular weight is 389 g/mol. The Kier molecular flexibility index (Phi) is 6.33. The maximum absolute atomic E-state index is 13.0. The fourth-order valence-corrected chi connectivity index (χ4v) is 5.06. The van der Waals surface area contributed by atoms with Gasteiger partial charge in [-0.3, -0.25) is 14.6 Å². The number of amides is 1. The van der Waals surface area contributed by atoms with Gasteiger partial charge < -0.3 is 14.8 Å². The first-order valence-corrected chi connectivity index (χ1v) is 11.0. The zero-order valence-corrected chi connectivity index (χ0v) is 17.6. The van der Waals surface area contributed by atoms with E-state index in [1.807, 2.05) is 13.1 Å². The lowest BCUT2D eigenvalue weighted by atomic mass is 9.92. The van der Waals surface area contributed by atoms with E-state index < -0.39 is 0 Å². The van der Waals surface area contributed by atoms with Crippen LogP contribution in [0.2, 0.25) is 0 Å². The van der Waals surface area contributed by atoms with Crippen LogP contribution in [-0.2, 0) is 11.3 Å². The number of likely N-dealkylation sites (N-methyl/N-ethyl adjacent to an activating group) is 1. The third kappa shape index (κ3) is 4.75. The first-order chi connectivity index (χ1) is 13.6. The number of imidazole rings is 1. The largest absolute Gasteiger partial charge is 0.345 e. The highest BCUT2D eigenvalue weighted by molar-refractivity contribution is 5.79. The molecule has 3 aliphatic rings. The van der Waals surface area contributed by atoms with Crippen LogP contribution in [0, 0.1) is 12.8 Å². The molecular weight excluding hydrogens is 352 g/mol. The van der Waals surface area contributed by atoms with Gasteiger partial charge in [-0.15, -0.1) is 0 Å². The number of aryl methyl sites for hydroxylation is 1. The average Bonchev–Trinajstić information content (AvgIpc) is 3.13. The van der Waals surface area contributed by atoms with Gasteiger partial charge in [-0.25, -0.2) is 4.98 Å². The molecule has 156 valence electrons. The number of piperazine rings is 1. The Bertz CT molecular complexity index is 645. The first-order valence-electron chi connectivity index (χ1n) is 11.0. The maximum Gasteiger partial charge on any atom is 0.227 e. The van der Waals surface area contributed by atoms with Crippen LogP contribution in [0.5, 0.6) is 0 Å². The fourth-order valence-electron chi connectivity index (χ4n) is 5.06. The van der Waals surface area contributed by atoms with Crippen LogP contribution in [0.4, 0.5) is 0 Å². The second-order valence-electron chi connectivity index (χ2n) is 8.96. The molecule has 0 aromatic carbocycles. The summed E-state index contributed by atoms with van der Waals surface area (Å²) in [5, 5.41) is 0. The molecule has 0 bridgehead atoms. The molecule has 0 spiro atoms. The van der Waals surface area contributed by atoms with Gasteiger partial charge in [-0.1, -0.05) is 0 Å². The monoisotopic (exact) mass is 388 g/mol. The van der Waals surface area contributed by atoms with Crippen LogP contribution in [0.15, 0.2) is 6.20 Å². The van der Waals surface area contributed by atoms with Crippen molar-refractivity contribution >= 4 is 5.91 Å². The van der Waals surface area contributed by atoms with E-state index in [1.165, 1.54) is 18.5 Å². The van der Waals surface area contributed by atoms with Crippen molar-refractivity contribution in [3.8, 4) is 0 Å². The van der Waals surface area contributed by atoms with Crippen molar-refractivity contribution in [2.75, 3.05) is 59.4 Å². The molecule has 3 fully saturated rings. The molecule has 1 aromatic rings. The topological polar surface area (TPSA) is 58.7 Å². The second kappa shape index (κ2) is 8.93. The molecule has 4 heterocycles. The van der Waals surface area contributed by atoms with Crippen molar-refractivity contribution in [3.63, 3.8) is 0 Å². The predicted octanol–water partition coefficient (Wildman–Crippen LogP) is 1.17. The Labute approximate surface area is 169 Å². The molecule has 7 nitrogen and oxygen atoms in total. The molecule has 0 saturated carbocycles. The van der Waals surface area contributed by atoms with Gasteiger partial charge in [0, 0.05) is 70.3 Å². The van der Waals surface area contributed by atoms with Crippen LogP contribution in [0.25, 0.3) is 0 Å². The summed E-state index contributed by atoms with van der Waals surface area (Å²) in [5.41, 5.74) is 1.21. The third-order valence-electron chi connectivity index (χ3n) is 6.84. The highest BCUT2D eigenvalue weighted by atomic mass is 16.2. The zero-order chi connectivity index (χ0) is 19.5. The number of hydrogen-bond acceptors (Lipinski definition) is 5. The van der Waals surface area contributed by atoms with E-state index in [2.05, 4.69) is 36.6 Å². The fraction of sp³-hybridized carbons (Fsp3) is 0.810. The summed E-state index contributed by atoms with van der Waals surface area (Å²) in [6, 6.07) is 0.642. The second-order valence-corrected chi connectivity index (χ2v) is 8.96. The zero-order valence-electron chi connectivity index (χ0n) is 17.6. The van der Waals surface area contributed by atoms with Crippen molar-refractivity contribution in [1.29, 1.82) is 0 Å². The van der Waals surface area contributed by atoms with E-state index in [1.54, 1.807) is 0 Å². The van der Waals surface area contributed by atoms with Gasteiger partial charge in [0.05, 0.1) is 5.92 Å². The number of carbonyl (C=O) groups excluding carboxylic acids is 1. The SMILES string of the molecule is Cc1ncc(CN2CCC(N3CCC[C@@H](C(=O)N4CCN(C)CC4)C3)CC2)[nH]1. The summed E-state index contributed by atoms with van der Waals surface area (Å²) < 4.78 is 0. The Balaban J connectivity index is 1.25. The highest BCUT2D eigenvalue weighted by Gasteiger charge is 2.34. The van der Waals surface area contributed by atoms with Crippen molar-refractivity contribution in [2.45, 2.75) is 45.2 Å². The summed E-state index contributed by atoms with van der Waals surface area (Å²) in [4.78, 5) is 30.2. The minimum Gasteiger partial charge on any atom is -0.345 e. The first kappa shape index (κ1) is 19.9. The van der Waals surface area contributed by atoms with E-state index in [-0.39, 0.29) is 5.92 Å². The molecule has 0 aliphatic carbocycles. The molecule has 1 amide bonds. The number of H-pyrrole nitrogens is 1. The maximum atomic E-state index is 13.0. The van der Waals surface area contributed by atoms with Crippen molar-refractivity contribution in [3.05, 3.63) is 17.7 Å². The van der Waals surface area contributed by atoms with E-state index in [0.29, 0.717) is 11.9 Å². The molecular formula is C21H36N6O. The van der Waals surface area contributed by atoms with Gasteiger partial charge in [0.1, 0.15) is 5.82 Å². The Morgan fingerprint density at radius 1 is 1.11 bits per heavy atom. The number of nitrogens with one attached hydrogen (secondary N) is 1. The minimum absolute atomic E-state index is 0.211. The van der Waals surface area contributed by atoms with Crippen molar-refractivity contribution < 1.29 is 4.79 Å². The van der Waals surface area contributed by atoms with Crippen LogP contribution < -0.4 is 0 Å². The molecule has 1 N–H and O–H groups in total. The third-order valence-corrected chi connectivity index (χ3v) is 6.84. The lowest BCUT2D eigenvalue weighted by Gasteiger charge is -2.43. The van der Waals surface area contributed by atoms with Crippen molar-refractivity contribution in [2.24, 2.45) is 5.92 Å². The van der Waals surface area contributed by atoms with Gasteiger partial charge in [0.2, 0.25) is 5.91 Å². The number of likely N-dealkylation sites (tertiary alicyclic amines) is 2. The number of rotatable bonds is 4. The molecule has 1 aromatic heterocycles. The predicted molar refractivity (Wildman–Crippen MR) is 110 cm³/mol. The van der Waals surface area contributed by atoms with E-state index >= 15 is 0 Å². The Morgan fingerprint density at radius 2 is 1.86 bits per heavy atom. The van der Waals surface area contributed by atoms with Crippen LogP contribution in [0.3, 0.4) is 0 Å². The number of aromatic amines is 1. The summed E-state index contributed by atoms with van der Waals surface area (Å²) in [6.07, 6.45) is 6.61. The van der Waals surface area contributed by atoms with Gasteiger partial charge in [-0.2, -0.15) is 0 Å². The van der Waals surface area contributed by atoms with Gasteiger partial charge in [0.15, 0.2) is 0 Å². The van der Waals surface area contributed by atoms with E-state index in [0.717, 1.165) is 77.6 Å². The molecule has 3 saturated heterocycles. The highest BCUT2D eigenvalue weighted by Crippen LogP contribution is 2.26. The number of piperidine rings is 2. The molecule has 0 radical (unpaired) electrons. The summed E-state index contributed by atoms with van der Waals surface area (Å²) >= 11 is 0. The molecule has 0 unspecified atom stereocenters. The summed E-state index contributed by atoms with van der Waals surface area (Å²) in [5.74, 6) is 1.61. The lowest BCUT2D eigenvalue weighted by Crippen LogP contribution is -2.53.